The van der Waals surface area contributed by atoms with Gasteiger partial charge in [-0.25, -0.2) is 4.39 Å². The summed E-state index contributed by atoms with van der Waals surface area (Å²) >= 11 is 1.10. The summed E-state index contributed by atoms with van der Waals surface area (Å²) in [4.78, 5) is 24.1. The average Bonchev–Trinajstić information content (AvgIpc) is 2.59. The third kappa shape index (κ3) is 5.38. The average molecular weight is 346 g/mol. The summed E-state index contributed by atoms with van der Waals surface area (Å²) < 4.78 is 13.5. The summed E-state index contributed by atoms with van der Waals surface area (Å²) in [5.41, 5.74) is 1.78. The molecule has 0 aliphatic carbocycles. The van der Waals surface area contributed by atoms with Gasteiger partial charge in [-0.3, -0.25) is 9.59 Å². The van der Waals surface area contributed by atoms with E-state index in [0.29, 0.717) is 4.90 Å². The highest BCUT2D eigenvalue weighted by molar-refractivity contribution is 8.00. The maximum atomic E-state index is 13.5. The minimum atomic E-state index is -0.357. The number of benzene rings is 2. The van der Waals surface area contributed by atoms with Gasteiger partial charge in [0.05, 0.1) is 12.3 Å². The third-order valence-electron chi connectivity index (χ3n) is 3.31. The van der Waals surface area contributed by atoms with Crippen LogP contribution in [0.5, 0.6) is 0 Å². The highest BCUT2D eigenvalue weighted by Gasteiger charge is 2.09. The van der Waals surface area contributed by atoms with Gasteiger partial charge < -0.3 is 10.6 Å². The van der Waals surface area contributed by atoms with Crippen molar-refractivity contribution in [2.24, 2.45) is 0 Å². The normalized spacial score (nSPS) is 10.2. The molecule has 0 aliphatic rings. The molecule has 0 saturated carbocycles. The summed E-state index contributed by atoms with van der Waals surface area (Å²) in [6.45, 7) is 1.89. The molecule has 0 heterocycles. The van der Waals surface area contributed by atoms with Crippen LogP contribution in [-0.2, 0) is 16.0 Å². The number of halogens is 1. The molecular formula is C18H19FN2O2S. The summed E-state index contributed by atoms with van der Waals surface area (Å²) in [5.74, 6) is -0.911. The standard InChI is InChI=1S/C18H19FN2O2S/c1-2-13-7-3-5-9-15(13)21-17(22)11-20-18(23)12-24-16-10-6-4-8-14(16)19/h3-10H,2,11-12H2,1H3,(H,20,23)(H,21,22). The number of carbonyl (C=O) groups is 2. The Morgan fingerprint density at radius 1 is 1.04 bits per heavy atom. The van der Waals surface area contributed by atoms with Crippen molar-refractivity contribution >= 4 is 29.3 Å². The number of nitrogens with one attached hydrogen (secondary N) is 2. The first-order valence-corrected chi connectivity index (χ1v) is 8.60. The monoisotopic (exact) mass is 346 g/mol. The molecule has 0 fully saturated rings. The van der Waals surface area contributed by atoms with Gasteiger partial charge >= 0.3 is 0 Å². The number of carbonyl (C=O) groups excluding carboxylic acids is 2. The first-order chi connectivity index (χ1) is 11.6. The molecule has 0 aliphatic heterocycles. The van der Waals surface area contributed by atoms with Crippen molar-refractivity contribution < 1.29 is 14.0 Å². The van der Waals surface area contributed by atoms with Crippen molar-refractivity contribution in [1.29, 1.82) is 0 Å². The fourth-order valence-corrected chi connectivity index (χ4v) is 2.85. The summed E-state index contributed by atoms with van der Waals surface area (Å²) in [6, 6.07) is 13.8. The second-order valence-electron chi connectivity index (χ2n) is 5.05. The van der Waals surface area contributed by atoms with Gasteiger partial charge in [0.1, 0.15) is 5.82 Å². The maximum absolute atomic E-state index is 13.5. The number of para-hydroxylation sites is 1. The van der Waals surface area contributed by atoms with Crippen molar-refractivity contribution in [2.75, 3.05) is 17.6 Å². The molecule has 0 bridgehead atoms. The minimum Gasteiger partial charge on any atom is -0.346 e. The topological polar surface area (TPSA) is 58.2 Å². The lowest BCUT2D eigenvalue weighted by atomic mass is 10.1. The molecule has 4 nitrogen and oxygen atoms in total. The van der Waals surface area contributed by atoms with E-state index in [2.05, 4.69) is 10.6 Å². The SMILES string of the molecule is CCc1ccccc1NC(=O)CNC(=O)CSc1ccccc1F. The molecule has 0 spiro atoms. The van der Waals surface area contributed by atoms with E-state index in [-0.39, 0.29) is 29.9 Å². The Balaban J connectivity index is 1.77. The van der Waals surface area contributed by atoms with Gasteiger partial charge in [-0.2, -0.15) is 0 Å². The van der Waals surface area contributed by atoms with Crippen LogP contribution in [-0.4, -0.2) is 24.1 Å². The third-order valence-corrected chi connectivity index (χ3v) is 4.36. The Hall–Kier alpha value is -2.34. The van der Waals surface area contributed by atoms with Gasteiger partial charge in [-0.1, -0.05) is 37.3 Å². The minimum absolute atomic E-state index is 0.0553. The number of aryl methyl sites for hydroxylation is 1. The summed E-state index contributed by atoms with van der Waals surface area (Å²) in [7, 11) is 0. The quantitative estimate of drug-likeness (QED) is 0.757. The molecule has 0 radical (unpaired) electrons. The Morgan fingerprint density at radius 3 is 2.50 bits per heavy atom. The van der Waals surface area contributed by atoms with Gasteiger partial charge in [-0.05, 0) is 30.2 Å². The second-order valence-corrected chi connectivity index (χ2v) is 6.07. The number of anilines is 1. The van der Waals surface area contributed by atoms with Crippen LogP contribution in [0.25, 0.3) is 0 Å². The van der Waals surface area contributed by atoms with E-state index in [9.17, 15) is 14.0 Å². The molecule has 2 N–H and O–H groups in total. The van der Waals surface area contributed by atoms with Crippen LogP contribution in [0.3, 0.4) is 0 Å². The van der Waals surface area contributed by atoms with Crippen molar-refractivity contribution in [2.45, 2.75) is 18.2 Å². The highest BCUT2D eigenvalue weighted by Crippen LogP contribution is 2.20. The lowest BCUT2D eigenvalue weighted by molar-refractivity contribution is -0.122. The largest absolute Gasteiger partial charge is 0.346 e. The van der Waals surface area contributed by atoms with Crippen molar-refractivity contribution in [1.82, 2.24) is 5.32 Å². The van der Waals surface area contributed by atoms with Crippen LogP contribution in [0.2, 0.25) is 0 Å². The molecule has 126 valence electrons. The fourth-order valence-electron chi connectivity index (χ4n) is 2.08. The lowest BCUT2D eigenvalue weighted by Crippen LogP contribution is -2.34. The van der Waals surface area contributed by atoms with Gasteiger partial charge in [0.2, 0.25) is 11.8 Å². The van der Waals surface area contributed by atoms with E-state index in [1.807, 2.05) is 31.2 Å². The molecule has 0 unspecified atom stereocenters. The zero-order valence-electron chi connectivity index (χ0n) is 13.3. The van der Waals surface area contributed by atoms with Crippen molar-refractivity contribution in [3.05, 3.63) is 59.9 Å². The Morgan fingerprint density at radius 2 is 1.75 bits per heavy atom. The molecule has 2 amide bonds. The number of hydrogen-bond donors (Lipinski definition) is 2. The summed E-state index contributed by atoms with van der Waals surface area (Å²) in [5, 5.41) is 5.31. The number of rotatable bonds is 7. The van der Waals surface area contributed by atoms with E-state index in [0.717, 1.165) is 29.4 Å². The van der Waals surface area contributed by atoms with Gasteiger partial charge in [0.15, 0.2) is 0 Å². The van der Waals surface area contributed by atoms with Crippen molar-refractivity contribution in [3.8, 4) is 0 Å². The molecule has 2 aromatic carbocycles. The summed E-state index contributed by atoms with van der Waals surface area (Å²) in [6.07, 6.45) is 0.808. The second kappa shape index (κ2) is 9.08. The maximum Gasteiger partial charge on any atom is 0.243 e. The number of amides is 2. The molecular weight excluding hydrogens is 327 g/mol. The fraction of sp³-hybridized carbons (Fsp3) is 0.222. The van der Waals surface area contributed by atoms with E-state index >= 15 is 0 Å². The van der Waals surface area contributed by atoms with E-state index < -0.39 is 0 Å². The van der Waals surface area contributed by atoms with Crippen LogP contribution in [0, 0.1) is 5.82 Å². The Labute approximate surface area is 144 Å². The molecule has 6 heteroatoms. The first kappa shape index (κ1) is 18.0. The predicted octanol–water partition coefficient (Wildman–Crippen LogP) is 3.24. The molecule has 24 heavy (non-hydrogen) atoms. The lowest BCUT2D eigenvalue weighted by Gasteiger charge is -2.10. The number of thioether (sulfide) groups is 1. The molecule has 0 aromatic heterocycles. The van der Waals surface area contributed by atoms with Gasteiger partial charge in [0.25, 0.3) is 0 Å². The van der Waals surface area contributed by atoms with Crippen LogP contribution >= 0.6 is 11.8 Å². The van der Waals surface area contributed by atoms with Gasteiger partial charge in [0, 0.05) is 10.6 Å². The Bertz CT molecular complexity index is 722. The van der Waals surface area contributed by atoms with Crippen LogP contribution in [0.15, 0.2) is 53.4 Å². The van der Waals surface area contributed by atoms with Crippen LogP contribution in [0.4, 0.5) is 10.1 Å². The zero-order valence-corrected chi connectivity index (χ0v) is 14.2. The Kier molecular flexibility index (Phi) is 6.81. The van der Waals surface area contributed by atoms with Crippen LogP contribution in [0.1, 0.15) is 12.5 Å². The molecule has 0 atom stereocenters. The zero-order chi connectivity index (χ0) is 17.4. The van der Waals surface area contributed by atoms with Crippen molar-refractivity contribution in [3.63, 3.8) is 0 Å². The van der Waals surface area contributed by atoms with E-state index in [4.69, 9.17) is 0 Å². The van der Waals surface area contributed by atoms with Gasteiger partial charge in [-0.15, -0.1) is 11.8 Å². The number of hydrogen-bond acceptors (Lipinski definition) is 3. The van der Waals surface area contributed by atoms with Crippen LogP contribution < -0.4 is 10.6 Å². The smallest absolute Gasteiger partial charge is 0.243 e. The van der Waals surface area contributed by atoms with E-state index in [1.54, 1.807) is 18.2 Å². The predicted molar refractivity (Wildman–Crippen MR) is 94.6 cm³/mol. The van der Waals surface area contributed by atoms with E-state index in [1.165, 1.54) is 6.07 Å². The first-order valence-electron chi connectivity index (χ1n) is 7.62. The highest BCUT2D eigenvalue weighted by atomic mass is 32.2. The molecule has 0 saturated heterocycles. The molecule has 2 aromatic rings. The molecule has 2 rings (SSSR count).